The largest absolute Gasteiger partial charge is 0.352 e. The fourth-order valence-electron chi connectivity index (χ4n) is 2.82. The van der Waals surface area contributed by atoms with Crippen LogP contribution in [0.4, 0.5) is 0 Å². The lowest BCUT2D eigenvalue weighted by molar-refractivity contribution is -0.124. The molecular weight excluding hydrogens is 212 g/mol. The third-order valence-electron chi connectivity index (χ3n) is 4.64. The van der Waals surface area contributed by atoms with Gasteiger partial charge in [-0.15, -0.1) is 0 Å². The number of amides is 1. The van der Waals surface area contributed by atoms with E-state index >= 15 is 0 Å². The molecule has 1 aliphatic carbocycles. The molecule has 0 bridgehead atoms. The average molecular weight is 240 g/mol. The van der Waals surface area contributed by atoms with Gasteiger partial charge >= 0.3 is 0 Å². The first kappa shape index (κ1) is 14.5. The maximum Gasteiger partial charge on any atom is 0.237 e. The Labute approximate surface area is 106 Å². The highest BCUT2D eigenvalue weighted by Gasteiger charge is 2.33. The van der Waals surface area contributed by atoms with E-state index in [4.69, 9.17) is 5.73 Å². The number of hydrogen-bond donors (Lipinski definition) is 2. The number of nitrogens with one attached hydrogen (secondary N) is 1. The summed E-state index contributed by atoms with van der Waals surface area (Å²) in [5.41, 5.74) is 5.95. The van der Waals surface area contributed by atoms with Crippen LogP contribution >= 0.6 is 0 Å². The van der Waals surface area contributed by atoms with Gasteiger partial charge in [0.2, 0.25) is 5.91 Å². The molecule has 0 aliphatic heterocycles. The van der Waals surface area contributed by atoms with Crippen LogP contribution < -0.4 is 11.1 Å². The molecule has 100 valence electrons. The molecule has 1 aliphatic rings. The zero-order chi connectivity index (χ0) is 13.0. The van der Waals surface area contributed by atoms with Gasteiger partial charge in [0.1, 0.15) is 0 Å². The number of rotatable bonds is 5. The SMILES string of the molecule is CCC(C)C(N)C(=O)NC1CCC(CC)C1C. The molecule has 3 N–H and O–H groups in total. The molecule has 1 rings (SSSR count). The second-order valence-corrected chi connectivity index (χ2v) is 5.63. The molecule has 1 fully saturated rings. The van der Waals surface area contributed by atoms with Crippen LogP contribution in [0.2, 0.25) is 0 Å². The monoisotopic (exact) mass is 240 g/mol. The third-order valence-corrected chi connectivity index (χ3v) is 4.64. The molecule has 0 aromatic rings. The van der Waals surface area contributed by atoms with E-state index in [2.05, 4.69) is 26.1 Å². The first-order valence-corrected chi connectivity index (χ1v) is 7.07. The molecule has 1 saturated carbocycles. The lowest BCUT2D eigenvalue weighted by atomic mass is 9.93. The van der Waals surface area contributed by atoms with Gasteiger partial charge in [-0.2, -0.15) is 0 Å². The van der Waals surface area contributed by atoms with E-state index in [0.717, 1.165) is 18.8 Å². The summed E-state index contributed by atoms with van der Waals surface area (Å²) in [6.45, 7) is 8.59. The highest BCUT2D eigenvalue weighted by Crippen LogP contribution is 2.33. The molecule has 0 spiro atoms. The number of carbonyl (C=O) groups excluding carboxylic acids is 1. The third kappa shape index (κ3) is 3.44. The second kappa shape index (κ2) is 6.39. The molecule has 0 heterocycles. The summed E-state index contributed by atoms with van der Waals surface area (Å²) >= 11 is 0. The van der Waals surface area contributed by atoms with Crippen LogP contribution in [0.5, 0.6) is 0 Å². The van der Waals surface area contributed by atoms with Crippen molar-refractivity contribution in [3.63, 3.8) is 0 Å². The van der Waals surface area contributed by atoms with E-state index in [1.165, 1.54) is 12.8 Å². The van der Waals surface area contributed by atoms with Crippen molar-refractivity contribution in [2.24, 2.45) is 23.5 Å². The van der Waals surface area contributed by atoms with E-state index in [9.17, 15) is 4.79 Å². The summed E-state index contributed by atoms with van der Waals surface area (Å²) < 4.78 is 0. The predicted octanol–water partition coefficient (Wildman–Crippen LogP) is 2.30. The molecule has 0 saturated heterocycles. The molecule has 0 aromatic carbocycles. The number of carbonyl (C=O) groups is 1. The molecule has 3 heteroatoms. The first-order chi connectivity index (χ1) is 8.01. The number of nitrogens with two attached hydrogens (primary N) is 1. The van der Waals surface area contributed by atoms with Gasteiger partial charge in [-0.05, 0) is 30.6 Å². The molecule has 3 nitrogen and oxygen atoms in total. The normalized spacial score (nSPS) is 32.2. The van der Waals surface area contributed by atoms with E-state index in [1.807, 2.05) is 6.92 Å². The van der Waals surface area contributed by atoms with Gasteiger partial charge < -0.3 is 11.1 Å². The van der Waals surface area contributed by atoms with Crippen molar-refractivity contribution in [1.29, 1.82) is 0 Å². The van der Waals surface area contributed by atoms with E-state index < -0.39 is 0 Å². The van der Waals surface area contributed by atoms with Crippen molar-refractivity contribution in [3.8, 4) is 0 Å². The van der Waals surface area contributed by atoms with Gasteiger partial charge in [0.25, 0.3) is 0 Å². The van der Waals surface area contributed by atoms with Crippen molar-refractivity contribution in [3.05, 3.63) is 0 Å². The maximum absolute atomic E-state index is 12.0. The smallest absolute Gasteiger partial charge is 0.237 e. The fraction of sp³-hybridized carbons (Fsp3) is 0.929. The van der Waals surface area contributed by atoms with Crippen LogP contribution in [0, 0.1) is 17.8 Å². The summed E-state index contributed by atoms with van der Waals surface area (Å²) in [7, 11) is 0. The van der Waals surface area contributed by atoms with Gasteiger partial charge in [0, 0.05) is 6.04 Å². The summed E-state index contributed by atoms with van der Waals surface area (Å²) in [6, 6.07) is -0.0181. The summed E-state index contributed by atoms with van der Waals surface area (Å²) in [6.07, 6.45) is 4.51. The zero-order valence-electron chi connectivity index (χ0n) is 11.7. The van der Waals surface area contributed by atoms with Crippen molar-refractivity contribution in [2.75, 3.05) is 0 Å². The van der Waals surface area contributed by atoms with Gasteiger partial charge in [-0.1, -0.05) is 40.5 Å². The Kier molecular flexibility index (Phi) is 5.44. The molecule has 5 atom stereocenters. The number of hydrogen-bond acceptors (Lipinski definition) is 2. The topological polar surface area (TPSA) is 55.1 Å². The lowest BCUT2D eigenvalue weighted by Crippen LogP contribution is -2.49. The van der Waals surface area contributed by atoms with Gasteiger partial charge in [-0.25, -0.2) is 0 Å². The van der Waals surface area contributed by atoms with Crippen molar-refractivity contribution in [2.45, 2.75) is 65.5 Å². The summed E-state index contributed by atoms with van der Waals surface area (Å²) in [5.74, 6) is 1.65. The molecule has 1 amide bonds. The maximum atomic E-state index is 12.0. The Hall–Kier alpha value is -0.570. The van der Waals surface area contributed by atoms with E-state index in [1.54, 1.807) is 0 Å². The van der Waals surface area contributed by atoms with Crippen LogP contribution in [0.3, 0.4) is 0 Å². The Morgan fingerprint density at radius 2 is 2.06 bits per heavy atom. The zero-order valence-corrected chi connectivity index (χ0v) is 11.7. The van der Waals surface area contributed by atoms with Crippen LogP contribution in [0.25, 0.3) is 0 Å². The lowest BCUT2D eigenvalue weighted by Gasteiger charge is -2.24. The van der Waals surface area contributed by atoms with E-state index in [0.29, 0.717) is 12.0 Å². The van der Waals surface area contributed by atoms with Gasteiger partial charge in [-0.3, -0.25) is 4.79 Å². The minimum atomic E-state index is -0.354. The molecule has 0 radical (unpaired) electrons. The quantitative estimate of drug-likeness (QED) is 0.774. The van der Waals surface area contributed by atoms with Crippen molar-refractivity contribution < 1.29 is 4.79 Å². The summed E-state index contributed by atoms with van der Waals surface area (Å²) in [5, 5.41) is 3.14. The van der Waals surface area contributed by atoms with Gasteiger partial charge in [0.05, 0.1) is 6.04 Å². The van der Waals surface area contributed by atoms with Crippen LogP contribution in [-0.2, 0) is 4.79 Å². The van der Waals surface area contributed by atoms with Crippen LogP contribution in [-0.4, -0.2) is 18.0 Å². The minimum absolute atomic E-state index is 0.0351. The second-order valence-electron chi connectivity index (χ2n) is 5.63. The fourth-order valence-corrected chi connectivity index (χ4v) is 2.82. The van der Waals surface area contributed by atoms with Crippen LogP contribution in [0.15, 0.2) is 0 Å². The molecule has 0 aromatic heterocycles. The van der Waals surface area contributed by atoms with Crippen molar-refractivity contribution in [1.82, 2.24) is 5.32 Å². The average Bonchev–Trinajstić information content (AvgIpc) is 2.68. The standard InChI is InChI=1S/C14H28N2O/c1-5-9(3)13(15)14(17)16-12-8-7-11(6-2)10(12)4/h9-13H,5-8,15H2,1-4H3,(H,16,17). The summed E-state index contributed by atoms with van der Waals surface area (Å²) in [4.78, 5) is 12.0. The Bertz CT molecular complexity index is 255. The minimum Gasteiger partial charge on any atom is -0.352 e. The Morgan fingerprint density at radius 3 is 2.53 bits per heavy atom. The van der Waals surface area contributed by atoms with Gasteiger partial charge in [0.15, 0.2) is 0 Å². The predicted molar refractivity (Wildman–Crippen MR) is 71.5 cm³/mol. The van der Waals surface area contributed by atoms with Crippen LogP contribution in [0.1, 0.15) is 53.4 Å². The molecule has 5 unspecified atom stereocenters. The first-order valence-electron chi connectivity index (χ1n) is 7.07. The van der Waals surface area contributed by atoms with E-state index in [-0.39, 0.29) is 17.9 Å². The Morgan fingerprint density at radius 1 is 1.41 bits per heavy atom. The highest BCUT2D eigenvalue weighted by molar-refractivity contribution is 5.82. The van der Waals surface area contributed by atoms with Crippen molar-refractivity contribution >= 4 is 5.91 Å². The highest BCUT2D eigenvalue weighted by atomic mass is 16.2. The Balaban J connectivity index is 2.47. The molecular formula is C14H28N2O. The molecule has 17 heavy (non-hydrogen) atoms.